The molecule has 112 valence electrons. The summed E-state index contributed by atoms with van der Waals surface area (Å²) in [7, 11) is 0. The lowest BCUT2D eigenvalue weighted by Crippen LogP contribution is -2.44. The summed E-state index contributed by atoms with van der Waals surface area (Å²) in [5.74, 6) is 0.508. The number of anilines is 1. The number of fused-ring (bicyclic) bond motifs is 1. The van der Waals surface area contributed by atoms with E-state index in [-0.39, 0.29) is 5.91 Å². The number of halogens is 1. The third kappa shape index (κ3) is 2.76. The lowest BCUT2D eigenvalue weighted by Gasteiger charge is -2.33. The molecule has 0 fully saturated rings. The predicted molar refractivity (Wildman–Crippen MR) is 87.3 cm³/mol. The van der Waals surface area contributed by atoms with E-state index < -0.39 is 6.10 Å². The standard InChI is InChI=1S/C17H14BrNO3/c1-11-17(21)19(9-12-2-5-14(18)6-3-12)15-8-13(10-20)4-7-16(15)22-11/h2-8,10-11H,9H2,1H3. The van der Waals surface area contributed by atoms with E-state index in [0.29, 0.717) is 23.5 Å². The topological polar surface area (TPSA) is 46.6 Å². The Kier molecular flexibility index (Phi) is 3.98. The molecule has 1 aliphatic rings. The zero-order valence-corrected chi connectivity index (χ0v) is 13.5. The third-order valence-electron chi connectivity index (χ3n) is 3.58. The van der Waals surface area contributed by atoms with Crippen molar-refractivity contribution in [3.8, 4) is 5.75 Å². The molecule has 1 aliphatic heterocycles. The Morgan fingerprint density at radius 3 is 2.64 bits per heavy atom. The summed E-state index contributed by atoms with van der Waals surface area (Å²) < 4.78 is 6.60. The van der Waals surface area contributed by atoms with Crippen LogP contribution in [0.5, 0.6) is 5.75 Å². The van der Waals surface area contributed by atoms with Crippen molar-refractivity contribution in [2.75, 3.05) is 4.90 Å². The molecular weight excluding hydrogens is 346 g/mol. The van der Waals surface area contributed by atoms with Crippen LogP contribution in [0.15, 0.2) is 46.9 Å². The Morgan fingerprint density at radius 2 is 1.95 bits per heavy atom. The minimum atomic E-state index is -0.537. The summed E-state index contributed by atoms with van der Waals surface area (Å²) in [6.45, 7) is 2.17. The molecule has 4 nitrogen and oxygen atoms in total. The highest BCUT2D eigenvalue weighted by atomic mass is 79.9. The zero-order valence-electron chi connectivity index (χ0n) is 12.0. The van der Waals surface area contributed by atoms with Crippen LogP contribution in [0.25, 0.3) is 0 Å². The van der Waals surface area contributed by atoms with Gasteiger partial charge in [-0.3, -0.25) is 9.59 Å². The number of ether oxygens (including phenoxy) is 1. The molecule has 0 saturated heterocycles. The highest BCUT2D eigenvalue weighted by Gasteiger charge is 2.31. The molecular formula is C17H14BrNO3. The zero-order chi connectivity index (χ0) is 15.7. The minimum absolute atomic E-state index is 0.113. The van der Waals surface area contributed by atoms with Gasteiger partial charge in [0.1, 0.15) is 12.0 Å². The van der Waals surface area contributed by atoms with Crippen LogP contribution in [0.4, 0.5) is 5.69 Å². The maximum atomic E-state index is 12.5. The Hall–Kier alpha value is -2.14. The van der Waals surface area contributed by atoms with Gasteiger partial charge in [0.15, 0.2) is 6.10 Å². The number of benzene rings is 2. The first-order valence-corrected chi connectivity index (χ1v) is 7.69. The molecule has 0 spiro atoms. The highest BCUT2D eigenvalue weighted by Crippen LogP contribution is 2.35. The van der Waals surface area contributed by atoms with Crippen molar-refractivity contribution in [1.29, 1.82) is 0 Å². The second-order valence-electron chi connectivity index (χ2n) is 5.16. The lowest BCUT2D eigenvalue weighted by molar-refractivity contribution is -0.125. The summed E-state index contributed by atoms with van der Waals surface area (Å²) in [5.41, 5.74) is 2.16. The number of nitrogens with zero attached hydrogens (tertiary/aromatic N) is 1. The first kappa shape index (κ1) is 14.8. The number of carbonyl (C=O) groups is 2. The monoisotopic (exact) mass is 359 g/mol. The largest absolute Gasteiger partial charge is 0.479 e. The van der Waals surface area contributed by atoms with Gasteiger partial charge in [0.2, 0.25) is 0 Å². The molecule has 22 heavy (non-hydrogen) atoms. The van der Waals surface area contributed by atoms with Gasteiger partial charge in [-0.2, -0.15) is 0 Å². The molecule has 1 amide bonds. The maximum Gasteiger partial charge on any atom is 0.268 e. The summed E-state index contributed by atoms with van der Waals surface area (Å²) >= 11 is 3.40. The lowest BCUT2D eigenvalue weighted by atomic mass is 10.1. The first-order valence-electron chi connectivity index (χ1n) is 6.90. The van der Waals surface area contributed by atoms with Crippen molar-refractivity contribution in [3.05, 3.63) is 58.1 Å². The Morgan fingerprint density at radius 1 is 1.23 bits per heavy atom. The molecule has 0 saturated carbocycles. The van der Waals surface area contributed by atoms with E-state index in [1.54, 1.807) is 30.0 Å². The fourth-order valence-corrected chi connectivity index (χ4v) is 2.70. The van der Waals surface area contributed by atoms with Gasteiger partial charge in [-0.05, 0) is 42.8 Å². The molecule has 3 rings (SSSR count). The molecule has 2 aromatic carbocycles. The fraction of sp³-hybridized carbons (Fsp3) is 0.176. The maximum absolute atomic E-state index is 12.5. The van der Waals surface area contributed by atoms with Crippen molar-refractivity contribution in [2.24, 2.45) is 0 Å². The van der Waals surface area contributed by atoms with Crippen LogP contribution in [0.1, 0.15) is 22.8 Å². The molecule has 0 radical (unpaired) electrons. The highest BCUT2D eigenvalue weighted by molar-refractivity contribution is 9.10. The second-order valence-corrected chi connectivity index (χ2v) is 6.07. The van der Waals surface area contributed by atoms with E-state index >= 15 is 0 Å². The van der Waals surface area contributed by atoms with Gasteiger partial charge in [-0.15, -0.1) is 0 Å². The Labute approximate surface area is 136 Å². The van der Waals surface area contributed by atoms with Crippen LogP contribution in [-0.4, -0.2) is 18.3 Å². The van der Waals surface area contributed by atoms with Crippen molar-refractivity contribution in [1.82, 2.24) is 0 Å². The van der Waals surface area contributed by atoms with E-state index in [4.69, 9.17) is 4.74 Å². The minimum Gasteiger partial charge on any atom is -0.479 e. The summed E-state index contributed by atoms with van der Waals surface area (Å²) in [6.07, 6.45) is 0.227. The number of hydrogen-bond donors (Lipinski definition) is 0. The van der Waals surface area contributed by atoms with Crippen molar-refractivity contribution >= 4 is 33.8 Å². The third-order valence-corrected chi connectivity index (χ3v) is 4.11. The SMILES string of the molecule is CC1Oc2ccc(C=O)cc2N(Cc2ccc(Br)cc2)C1=O. The first-order chi connectivity index (χ1) is 10.6. The van der Waals surface area contributed by atoms with Gasteiger partial charge in [-0.1, -0.05) is 28.1 Å². The normalized spacial score (nSPS) is 16.9. The summed E-state index contributed by atoms with van der Waals surface area (Å²) in [5, 5.41) is 0. The molecule has 0 aliphatic carbocycles. The van der Waals surface area contributed by atoms with Crippen molar-refractivity contribution in [2.45, 2.75) is 19.6 Å². The Bertz CT molecular complexity index is 727. The van der Waals surface area contributed by atoms with Crippen LogP contribution < -0.4 is 9.64 Å². The van der Waals surface area contributed by atoms with Gasteiger partial charge >= 0.3 is 0 Å². The molecule has 5 heteroatoms. The van der Waals surface area contributed by atoms with E-state index in [9.17, 15) is 9.59 Å². The summed E-state index contributed by atoms with van der Waals surface area (Å²) in [4.78, 5) is 25.1. The van der Waals surface area contributed by atoms with Crippen LogP contribution >= 0.6 is 15.9 Å². The average Bonchev–Trinajstić information content (AvgIpc) is 2.53. The number of aldehydes is 1. The second kappa shape index (κ2) is 5.93. The molecule has 0 aromatic heterocycles. The van der Waals surface area contributed by atoms with Crippen LogP contribution in [0.2, 0.25) is 0 Å². The van der Waals surface area contributed by atoms with Crippen LogP contribution in [0, 0.1) is 0 Å². The molecule has 0 bridgehead atoms. The van der Waals surface area contributed by atoms with Gasteiger partial charge in [-0.25, -0.2) is 0 Å². The van der Waals surface area contributed by atoms with Gasteiger partial charge in [0.25, 0.3) is 5.91 Å². The van der Waals surface area contributed by atoms with Crippen molar-refractivity contribution in [3.63, 3.8) is 0 Å². The number of amides is 1. The predicted octanol–water partition coefficient (Wildman–Crippen LogP) is 3.58. The van der Waals surface area contributed by atoms with E-state index in [0.717, 1.165) is 16.3 Å². The summed E-state index contributed by atoms with van der Waals surface area (Å²) in [6, 6.07) is 12.9. The quantitative estimate of drug-likeness (QED) is 0.787. The van der Waals surface area contributed by atoms with Gasteiger partial charge in [0, 0.05) is 10.0 Å². The number of rotatable bonds is 3. The van der Waals surface area contributed by atoms with Crippen LogP contribution in [-0.2, 0) is 11.3 Å². The Balaban J connectivity index is 2.00. The van der Waals surface area contributed by atoms with Crippen LogP contribution in [0.3, 0.4) is 0 Å². The molecule has 1 heterocycles. The van der Waals surface area contributed by atoms with Gasteiger partial charge in [0.05, 0.1) is 12.2 Å². The smallest absolute Gasteiger partial charge is 0.268 e. The molecule has 1 atom stereocenters. The fourth-order valence-electron chi connectivity index (χ4n) is 2.43. The van der Waals surface area contributed by atoms with E-state index in [1.807, 2.05) is 24.3 Å². The van der Waals surface area contributed by atoms with E-state index in [2.05, 4.69) is 15.9 Å². The van der Waals surface area contributed by atoms with Crippen molar-refractivity contribution < 1.29 is 14.3 Å². The average molecular weight is 360 g/mol. The molecule has 1 unspecified atom stereocenters. The number of carbonyl (C=O) groups excluding carboxylic acids is 2. The molecule has 2 aromatic rings. The van der Waals surface area contributed by atoms with Gasteiger partial charge < -0.3 is 9.64 Å². The molecule has 0 N–H and O–H groups in total. The number of hydrogen-bond acceptors (Lipinski definition) is 3. The van der Waals surface area contributed by atoms with E-state index in [1.165, 1.54) is 0 Å².